The number of amides is 1. The molecule has 0 spiro atoms. The van der Waals surface area contributed by atoms with Gasteiger partial charge in [-0.3, -0.25) is 9.78 Å². The third-order valence-electron chi connectivity index (χ3n) is 2.76. The molecule has 5 nitrogen and oxygen atoms in total. The first kappa shape index (κ1) is 15.9. The second-order valence-corrected chi connectivity index (χ2v) is 4.41. The molecule has 116 valence electrons. The fourth-order valence-corrected chi connectivity index (χ4v) is 1.70. The molecule has 0 saturated heterocycles. The van der Waals surface area contributed by atoms with Crippen molar-refractivity contribution in [2.75, 3.05) is 5.01 Å². The first-order valence-electron chi connectivity index (χ1n) is 6.35. The van der Waals surface area contributed by atoms with Gasteiger partial charge in [-0.2, -0.15) is 13.2 Å². The molecule has 0 aliphatic rings. The Morgan fingerprint density at radius 2 is 2.00 bits per heavy atom. The molecule has 1 amide bonds. The molecule has 0 aliphatic heterocycles. The van der Waals surface area contributed by atoms with Crippen LogP contribution in [0.5, 0.6) is 0 Å². The maximum atomic E-state index is 12.4. The van der Waals surface area contributed by atoms with Crippen LogP contribution in [0.1, 0.15) is 18.2 Å². The summed E-state index contributed by atoms with van der Waals surface area (Å²) in [6.07, 6.45) is -2.13. The molecular weight excluding hydrogens is 297 g/mol. The van der Waals surface area contributed by atoms with Crippen LogP contribution in [0, 0.1) is 0 Å². The minimum absolute atomic E-state index is 0.0916. The Balaban J connectivity index is 2.06. The van der Waals surface area contributed by atoms with E-state index in [0.29, 0.717) is 11.5 Å². The average Bonchev–Trinajstić information content (AvgIpc) is 2.48. The number of rotatable bonds is 4. The van der Waals surface area contributed by atoms with Crippen LogP contribution in [0.4, 0.5) is 19.0 Å². The molecule has 2 rings (SSSR count). The second-order valence-electron chi connectivity index (χ2n) is 4.41. The number of hydrazine groups is 1. The van der Waals surface area contributed by atoms with E-state index in [2.05, 4.69) is 15.4 Å². The van der Waals surface area contributed by atoms with Crippen molar-refractivity contribution in [2.45, 2.75) is 19.6 Å². The van der Waals surface area contributed by atoms with Gasteiger partial charge in [-0.15, -0.1) is 0 Å². The highest BCUT2D eigenvalue weighted by atomic mass is 19.4. The SMILES string of the molecule is CC(=O)N(NCc1ccc(C(F)(F)F)cn1)c1ccccn1. The molecule has 2 heterocycles. The Bertz CT molecular complexity index is 629. The van der Waals surface area contributed by atoms with Crippen LogP contribution >= 0.6 is 0 Å². The predicted molar refractivity (Wildman–Crippen MR) is 73.5 cm³/mol. The maximum Gasteiger partial charge on any atom is 0.417 e. The summed E-state index contributed by atoms with van der Waals surface area (Å²) in [6.45, 7) is 1.44. The first-order valence-corrected chi connectivity index (χ1v) is 6.35. The van der Waals surface area contributed by atoms with Crippen LogP contribution in [0.25, 0.3) is 0 Å². The van der Waals surface area contributed by atoms with E-state index in [-0.39, 0.29) is 12.5 Å². The van der Waals surface area contributed by atoms with Crippen molar-refractivity contribution in [3.63, 3.8) is 0 Å². The Kier molecular flexibility index (Phi) is 4.71. The van der Waals surface area contributed by atoms with Gasteiger partial charge in [0.05, 0.1) is 17.8 Å². The standard InChI is InChI=1S/C14H13F3N4O/c1-10(22)21(13-4-2-3-7-18-13)20-9-12-6-5-11(8-19-12)14(15,16)17/h2-8,20H,9H2,1H3. The van der Waals surface area contributed by atoms with Crippen LogP contribution in [0.3, 0.4) is 0 Å². The van der Waals surface area contributed by atoms with E-state index in [1.807, 2.05) is 0 Å². The number of pyridine rings is 2. The Hall–Kier alpha value is -2.48. The minimum Gasteiger partial charge on any atom is -0.273 e. The molecule has 0 aromatic carbocycles. The number of nitrogens with one attached hydrogen (secondary N) is 1. The number of anilines is 1. The summed E-state index contributed by atoms with van der Waals surface area (Å²) in [5.74, 6) is 0.0903. The monoisotopic (exact) mass is 310 g/mol. The van der Waals surface area contributed by atoms with Gasteiger partial charge in [0.1, 0.15) is 5.82 Å². The molecule has 0 aliphatic carbocycles. The van der Waals surface area contributed by atoms with Gasteiger partial charge in [-0.1, -0.05) is 6.07 Å². The van der Waals surface area contributed by atoms with E-state index in [1.54, 1.807) is 18.2 Å². The summed E-state index contributed by atoms with van der Waals surface area (Å²) in [4.78, 5) is 19.4. The molecule has 2 aromatic heterocycles. The van der Waals surface area contributed by atoms with Gasteiger partial charge in [-0.25, -0.2) is 15.4 Å². The highest BCUT2D eigenvalue weighted by Gasteiger charge is 2.30. The Morgan fingerprint density at radius 3 is 2.50 bits per heavy atom. The number of hydrogen-bond acceptors (Lipinski definition) is 4. The lowest BCUT2D eigenvalue weighted by Crippen LogP contribution is -2.42. The van der Waals surface area contributed by atoms with E-state index in [1.165, 1.54) is 24.2 Å². The zero-order valence-electron chi connectivity index (χ0n) is 11.6. The van der Waals surface area contributed by atoms with Gasteiger partial charge in [-0.05, 0) is 24.3 Å². The van der Waals surface area contributed by atoms with Crippen LogP contribution in [0.15, 0.2) is 42.7 Å². The fraction of sp³-hybridized carbons (Fsp3) is 0.214. The lowest BCUT2D eigenvalue weighted by molar-refractivity contribution is -0.137. The first-order chi connectivity index (χ1) is 10.4. The molecule has 0 atom stereocenters. The van der Waals surface area contributed by atoms with Crippen molar-refractivity contribution < 1.29 is 18.0 Å². The zero-order valence-corrected chi connectivity index (χ0v) is 11.6. The summed E-state index contributed by atoms with van der Waals surface area (Å²) >= 11 is 0. The van der Waals surface area contributed by atoms with Gasteiger partial charge in [0.15, 0.2) is 0 Å². The molecule has 22 heavy (non-hydrogen) atoms. The number of aromatic nitrogens is 2. The van der Waals surface area contributed by atoms with Gasteiger partial charge in [0.2, 0.25) is 5.91 Å². The van der Waals surface area contributed by atoms with Crippen LogP contribution < -0.4 is 10.4 Å². The molecule has 2 aromatic rings. The summed E-state index contributed by atoms with van der Waals surface area (Å²) in [5.41, 5.74) is 2.34. The Labute approximate surface area is 124 Å². The summed E-state index contributed by atoms with van der Waals surface area (Å²) in [7, 11) is 0. The molecule has 0 unspecified atom stereocenters. The number of carbonyl (C=O) groups excluding carboxylic acids is 1. The molecule has 1 N–H and O–H groups in total. The zero-order chi connectivity index (χ0) is 16.2. The number of carbonyl (C=O) groups is 1. The van der Waals surface area contributed by atoms with E-state index in [0.717, 1.165) is 12.3 Å². The summed E-state index contributed by atoms with van der Waals surface area (Å²) in [5, 5.41) is 1.21. The second kappa shape index (κ2) is 6.52. The molecule has 0 bridgehead atoms. The van der Waals surface area contributed by atoms with E-state index in [9.17, 15) is 18.0 Å². The van der Waals surface area contributed by atoms with Crippen molar-refractivity contribution >= 4 is 11.7 Å². The van der Waals surface area contributed by atoms with Gasteiger partial charge >= 0.3 is 6.18 Å². The third kappa shape index (κ3) is 4.01. The van der Waals surface area contributed by atoms with Crippen molar-refractivity contribution in [2.24, 2.45) is 0 Å². The van der Waals surface area contributed by atoms with E-state index < -0.39 is 11.7 Å². The maximum absolute atomic E-state index is 12.4. The van der Waals surface area contributed by atoms with Crippen molar-refractivity contribution in [3.05, 3.63) is 54.0 Å². The van der Waals surface area contributed by atoms with Crippen LogP contribution in [0.2, 0.25) is 0 Å². The lowest BCUT2D eigenvalue weighted by atomic mass is 10.2. The van der Waals surface area contributed by atoms with E-state index >= 15 is 0 Å². The summed E-state index contributed by atoms with van der Waals surface area (Å²) in [6, 6.07) is 7.26. The highest BCUT2D eigenvalue weighted by molar-refractivity contribution is 5.89. The largest absolute Gasteiger partial charge is 0.417 e. The van der Waals surface area contributed by atoms with Crippen LogP contribution in [-0.4, -0.2) is 15.9 Å². The minimum atomic E-state index is -4.42. The smallest absolute Gasteiger partial charge is 0.273 e. The topological polar surface area (TPSA) is 58.1 Å². The number of halogens is 3. The highest BCUT2D eigenvalue weighted by Crippen LogP contribution is 2.28. The third-order valence-corrected chi connectivity index (χ3v) is 2.76. The number of alkyl halides is 3. The van der Waals surface area contributed by atoms with Gasteiger partial charge in [0, 0.05) is 19.3 Å². The van der Waals surface area contributed by atoms with Crippen molar-refractivity contribution in [1.82, 2.24) is 15.4 Å². The quantitative estimate of drug-likeness (QED) is 0.882. The molecule has 0 fully saturated rings. The molecule has 8 heteroatoms. The van der Waals surface area contributed by atoms with Gasteiger partial charge < -0.3 is 0 Å². The Morgan fingerprint density at radius 1 is 1.23 bits per heavy atom. The molecule has 0 saturated carbocycles. The number of nitrogens with zero attached hydrogens (tertiary/aromatic N) is 3. The predicted octanol–water partition coefficient (Wildman–Crippen LogP) is 2.55. The average molecular weight is 310 g/mol. The normalized spacial score (nSPS) is 11.3. The van der Waals surface area contributed by atoms with Crippen molar-refractivity contribution in [3.8, 4) is 0 Å². The molecular formula is C14H13F3N4O. The number of hydrogen-bond donors (Lipinski definition) is 1. The molecule has 0 radical (unpaired) electrons. The van der Waals surface area contributed by atoms with Crippen LogP contribution in [-0.2, 0) is 17.5 Å². The van der Waals surface area contributed by atoms with Gasteiger partial charge in [0.25, 0.3) is 0 Å². The fourth-order valence-electron chi connectivity index (χ4n) is 1.70. The summed E-state index contributed by atoms with van der Waals surface area (Å²) < 4.78 is 37.3. The van der Waals surface area contributed by atoms with Crippen molar-refractivity contribution in [1.29, 1.82) is 0 Å². The lowest BCUT2D eigenvalue weighted by Gasteiger charge is -2.20. The van der Waals surface area contributed by atoms with E-state index in [4.69, 9.17) is 0 Å².